The zero-order chi connectivity index (χ0) is 13.2. The zero-order valence-electron chi connectivity index (χ0n) is 10.7. The second-order valence-corrected chi connectivity index (χ2v) is 5.54. The Morgan fingerprint density at radius 2 is 2.21 bits per heavy atom. The first-order valence-corrected chi connectivity index (χ1v) is 7.16. The molecule has 0 saturated carbocycles. The van der Waals surface area contributed by atoms with E-state index in [1.54, 1.807) is 6.07 Å². The van der Waals surface area contributed by atoms with Crippen LogP contribution in [0.3, 0.4) is 0 Å². The Bertz CT molecular complexity index is 612. The van der Waals surface area contributed by atoms with E-state index in [-0.39, 0.29) is 0 Å². The first-order valence-electron chi connectivity index (χ1n) is 6.78. The smallest absolute Gasteiger partial charge is 0.152 e. The van der Waals surface area contributed by atoms with Gasteiger partial charge in [0.25, 0.3) is 0 Å². The van der Waals surface area contributed by atoms with Gasteiger partial charge in [-0.3, -0.25) is 0 Å². The normalized spacial score (nSPS) is 17.5. The second-order valence-electron chi connectivity index (χ2n) is 5.14. The van der Waals surface area contributed by atoms with Crippen LogP contribution in [-0.4, -0.2) is 5.11 Å². The molecule has 1 aromatic heterocycles. The first-order chi connectivity index (χ1) is 9.24. The van der Waals surface area contributed by atoms with Gasteiger partial charge < -0.3 is 9.52 Å². The van der Waals surface area contributed by atoms with E-state index in [0.29, 0.717) is 22.8 Å². The maximum Gasteiger partial charge on any atom is 0.152 e. The number of aliphatic hydroxyl groups is 1. The molecule has 0 saturated heterocycles. The van der Waals surface area contributed by atoms with Gasteiger partial charge in [-0.15, -0.1) is 0 Å². The fourth-order valence-corrected chi connectivity index (χ4v) is 2.87. The number of allylic oxidation sites excluding steroid dienone is 1. The topological polar surface area (TPSA) is 33.4 Å². The number of fused-ring (bicyclic) bond motifs is 1. The summed E-state index contributed by atoms with van der Waals surface area (Å²) < 4.78 is 5.69. The average Bonchev–Trinajstić information content (AvgIpc) is 2.85. The van der Waals surface area contributed by atoms with Crippen molar-refractivity contribution in [2.45, 2.75) is 38.2 Å². The summed E-state index contributed by atoms with van der Waals surface area (Å²) in [4.78, 5) is 0. The number of halogens is 1. The Balaban J connectivity index is 1.83. The second kappa shape index (κ2) is 5.40. The molecule has 1 heterocycles. The third-order valence-electron chi connectivity index (χ3n) is 3.68. The Morgan fingerprint density at radius 3 is 2.95 bits per heavy atom. The van der Waals surface area contributed by atoms with E-state index in [1.807, 2.05) is 18.2 Å². The van der Waals surface area contributed by atoms with Gasteiger partial charge in [0.1, 0.15) is 11.9 Å². The van der Waals surface area contributed by atoms with Crippen molar-refractivity contribution < 1.29 is 9.52 Å². The fourth-order valence-electron chi connectivity index (χ4n) is 2.65. The minimum absolute atomic E-state index is 0.576. The summed E-state index contributed by atoms with van der Waals surface area (Å²) in [6.07, 6.45) is 7.06. The molecule has 1 aliphatic carbocycles. The van der Waals surface area contributed by atoms with Crippen LogP contribution in [0.4, 0.5) is 0 Å². The summed E-state index contributed by atoms with van der Waals surface area (Å²) in [5.41, 5.74) is 2.00. The van der Waals surface area contributed by atoms with E-state index in [4.69, 9.17) is 16.0 Å². The van der Waals surface area contributed by atoms with E-state index in [2.05, 4.69) is 6.08 Å². The average molecular weight is 277 g/mol. The molecule has 0 aliphatic heterocycles. The minimum Gasteiger partial charge on any atom is -0.457 e. The number of hydrogen-bond donors (Lipinski definition) is 1. The molecule has 1 aromatic carbocycles. The Labute approximate surface area is 117 Å². The van der Waals surface area contributed by atoms with Gasteiger partial charge in [0.2, 0.25) is 0 Å². The third-order valence-corrected chi connectivity index (χ3v) is 3.98. The Kier molecular flexibility index (Phi) is 3.63. The lowest BCUT2D eigenvalue weighted by Gasteiger charge is -2.15. The van der Waals surface area contributed by atoms with E-state index >= 15 is 0 Å². The van der Waals surface area contributed by atoms with Gasteiger partial charge in [-0.05, 0) is 37.8 Å². The largest absolute Gasteiger partial charge is 0.457 e. The van der Waals surface area contributed by atoms with Crippen LogP contribution in [0.2, 0.25) is 5.02 Å². The molecule has 3 heteroatoms. The number of rotatable bonds is 3. The molecule has 0 bridgehead atoms. The molecular weight excluding hydrogens is 260 g/mol. The summed E-state index contributed by atoms with van der Waals surface area (Å²) in [6.45, 7) is 0. The summed E-state index contributed by atoms with van der Waals surface area (Å²) in [5, 5.41) is 11.8. The molecule has 0 spiro atoms. The molecule has 100 valence electrons. The maximum absolute atomic E-state index is 10.3. The van der Waals surface area contributed by atoms with Gasteiger partial charge in [0.15, 0.2) is 5.58 Å². The highest BCUT2D eigenvalue weighted by atomic mass is 35.5. The van der Waals surface area contributed by atoms with Gasteiger partial charge in [-0.2, -0.15) is 0 Å². The van der Waals surface area contributed by atoms with Crippen molar-refractivity contribution in [3.63, 3.8) is 0 Å². The lowest BCUT2D eigenvalue weighted by Crippen LogP contribution is -2.00. The van der Waals surface area contributed by atoms with Crippen molar-refractivity contribution in [3.8, 4) is 0 Å². The van der Waals surface area contributed by atoms with Crippen LogP contribution >= 0.6 is 11.6 Å². The summed E-state index contributed by atoms with van der Waals surface area (Å²) in [5.74, 6) is 0.606. The van der Waals surface area contributed by atoms with Crippen LogP contribution in [0.1, 0.15) is 44.0 Å². The molecule has 0 fully saturated rings. The van der Waals surface area contributed by atoms with Crippen LogP contribution < -0.4 is 0 Å². The van der Waals surface area contributed by atoms with Gasteiger partial charge >= 0.3 is 0 Å². The van der Waals surface area contributed by atoms with Crippen LogP contribution in [0.5, 0.6) is 0 Å². The number of furan rings is 1. The van der Waals surface area contributed by atoms with Crippen molar-refractivity contribution in [2.75, 3.05) is 0 Å². The molecule has 1 unspecified atom stereocenters. The zero-order valence-corrected chi connectivity index (χ0v) is 11.5. The lowest BCUT2D eigenvalue weighted by molar-refractivity contribution is 0.151. The highest BCUT2D eigenvalue weighted by Gasteiger charge is 2.17. The third kappa shape index (κ3) is 2.70. The van der Waals surface area contributed by atoms with Crippen LogP contribution in [-0.2, 0) is 0 Å². The van der Waals surface area contributed by atoms with Crippen molar-refractivity contribution in [2.24, 2.45) is 0 Å². The molecule has 1 aliphatic rings. The van der Waals surface area contributed by atoms with Gasteiger partial charge in [0, 0.05) is 11.8 Å². The van der Waals surface area contributed by atoms with Gasteiger partial charge in [-0.1, -0.05) is 35.4 Å². The number of benzene rings is 1. The molecule has 3 rings (SSSR count). The maximum atomic E-state index is 10.3. The number of hydrogen-bond acceptors (Lipinski definition) is 2. The Hall–Kier alpha value is -1.25. The van der Waals surface area contributed by atoms with Crippen LogP contribution in [0.15, 0.2) is 40.3 Å². The number of aliphatic hydroxyl groups excluding tert-OH is 1. The predicted molar refractivity (Wildman–Crippen MR) is 77.4 cm³/mol. The Morgan fingerprint density at radius 1 is 1.32 bits per heavy atom. The van der Waals surface area contributed by atoms with Crippen LogP contribution in [0.25, 0.3) is 11.0 Å². The fraction of sp³-hybridized carbons (Fsp3) is 0.375. The van der Waals surface area contributed by atoms with Gasteiger partial charge in [-0.25, -0.2) is 0 Å². The molecule has 0 amide bonds. The minimum atomic E-state index is -0.576. The van der Waals surface area contributed by atoms with Gasteiger partial charge in [0.05, 0.1) is 5.02 Å². The molecular formula is C16H17ClO2. The quantitative estimate of drug-likeness (QED) is 0.800. The monoisotopic (exact) mass is 276 g/mol. The van der Waals surface area contributed by atoms with Crippen molar-refractivity contribution in [1.82, 2.24) is 0 Å². The molecule has 19 heavy (non-hydrogen) atoms. The van der Waals surface area contributed by atoms with E-state index < -0.39 is 6.10 Å². The SMILES string of the molecule is OC(CC1=CCCCC1)c1cc2cccc(Cl)c2o1. The van der Waals surface area contributed by atoms with Crippen LogP contribution in [0, 0.1) is 0 Å². The first kappa shape index (κ1) is 12.8. The lowest BCUT2D eigenvalue weighted by atomic mass is 9.94. The van der Waals surface area contributed by atoms with Crippen molar-refractivity contribution >= 4 is 22.6 Å². The summed E-state index contributed by atoms with van der Waals surface area (Å²) in [7, 11) is 0. The predicted octanol–water partition coefficient (Wildman–Crippen LogP) is 5.01. The van der Waals surface area contributed by atoms with Crippen molar-refractivity contribution in [1.29, 1.82) is 0 Å². The van der Waals surface area contributed by atoms with E-state index in [9.17, 15) is 5.11 Å². The number of para-hydroxylation sites is 1. The molecule has 0 radical (unpaired) electrons. The highest BCUT2D eigenvalue weighted by molar-refractivity contribution is 6.34. The van der Waals surface area contributed by atoms with Crippen molar-refractivity contribution in [3.05, 3.63) is 46.7 Å². The summed E-state index contributed by atoms with van der Waals surface area (Å²) >= 11 is 6.08. The highest BCUT2D eigenvalue weighted by Crippen LogP contribution is 2.33. The standard InChI is InChI=1S/C16H17ClO2/c17-13-8-4-7-12-10-15(19-16(12)13)14(18)9-11-5-2-1-3-6-11/h4-5,7-8,10,14,18H,1-3,6,9H2. The molecule has 2 nitrogen and oxygen atoms in total. The van der Waals surface area contributed by atoms with E-state index in [1.165, 1.54) is 18.4 Å². The molecule has 1 atom stereocenters. The summed E-state index contributed by atoms with van der Waals surface area (Å²) in [6, 6.07) is 7.52. The van der Waals surface area contributed by atoms with E-state index in [0.717, 1.165) is 18.2 Å². The molecule has 2 aromatic rings. The molecule has 1 N–H and O–H groups in total.